The number of amides is 4. The number of carbonyl (C=O) groups excluding carboxylic acids is 3. The quantitative estimate of drug-likeness (QED) is 0.314. The van der Waals surface area contributed by atoms with E-state index in [2.05, 4.69) is 15.6 Å². The smallest absolute Gasteiger partial charge is 0.331 e. The van der Waals surface area contributed by atoms with Crippen LogP contribution in [0.2, 0.25) is 0 Å². The summed E-state index contributed by atoms with van der Waals surface area (Å²) in [5, 5.41) is 18.5. The average molecular weight is 570 g/mol. The van der Waals surface area contributed by atoms with Crippen LogP contribution in [0.5, 0.6) is 5.75 Å². The van der Waals surface area contributed by atoms with Gasteiger partial charge in [-0.05, 0) is 34.9 Å². The van der Waals surface area contributed by atoms with E-state index < -0.39 is 6.04 Å². The minimum absolute atomic E-state index is 0.0989. The van der Waals surface area contributed by atoms with Gasteiger partial charge in [0.2, 0.25) is 11.8 Å². The number of hydrogen-bond donors (Lipinski definition) is 3. The van der Waals surface area contributed by atoms with Crippen LogP contribution in [0, 0.1) is 0 Å². The van der Waals surface area contributed by atoms with Crippen LogP contribution in [0.3, 0.4) is 0 Å². The highest BCUT2D eigenvalue weighted by Gasteiger charge is 2.31. The van der Waals surface area contributed by atoms with Crippen molar-refractivity contribution in [2.24, 2.45) is 7.05 Å². The summed E-state index contributed by atoms with van der Waals surface area (Å²) in [7, 11) is 3.53. The Labute approximate surface area is 244 Å². The molecule has 4 amide bonds. The van der Waals surface area contributed by atoms with Gasteiger partial charge in [0.15, 0.2) is 0 Å². The molecule has 1 aromatic heterocycles. The van der Waals surface area contributed by atoms with Crippen LogP contribution in [-0.4, -0.2) is 80.1 Å². The molecule has 1 saturated heterocycles. The van der Waals surface area contributed by atoms with Crippen LogP contribution in [0.25, 0.3) is 11.0 Å². The molecular formula is C31H35N7O4. The Balaban J connectivity index is 1.38. The van der Waals surface area contributed by atoms with Crippen molar-refractivity contribution < 1.29 is 19.5 Å². The number of phenolic OH excluding ortho intramolecular Hbond substituents is 1. The number of urea groups is 1. The SMILES string of the molecule is CN(C(=O)NCc1ccccc1)N1CCN(Cc2cccc3c2ncn3C)C(=O)[C@H](Cc2ccc(O)cc2)NC(=O)C1. The van der Waals surface area contributed by atoms with Crippen LogP contribution in [0.1, 0.15) is 16.7 Å². The number of imidazole rings is 1. The monoisotopic (exact) mass is 569 g/mol. The second kappa shape index (κ2) is 12.7. The van der Waals surface area contributed by atoms with E-state index in [4.69, 9.17) is 0 Å². The van der Waals surface area contributed by atoms with Gasteiger partial charge in [0.1, 0.15) is 11.8 Å². The number of aryl methyl sites for hydroxylation is 1. The molecule has 3 aromatic carbocycles. The van der Waals surface area contributed by atoms with E-state index in [0.717, 1.165) is 27.7 Å². The van der Waals surface area contributed by atoms with Gasteiger partial charge in [-0.3, -0.25) is 14.6 Å². The number of nitrogens with one attached hydrogen (secondary N) is 2. The molecule has 3 N–H and O–H groups in total. The fraction of sp³-hybridized carbons (Fsp3) is 0.290. The van der Waals surface area contributed by atoms with E-state index >= 15 is 0 Å². The molecule has 0 bridgehead atoms. The third kappa shape index (κ3) is 6.69. The summed E-state index contributed by atoms with van der Waals surface area (Å²) in [5.74, 6) is -0.483. The minimum atomic E-state index is -0.831. The Kier molecular flexibility index (Phi) is 8.68. The highest BCUT2D eigenvalue weighted by molar-refractivity contribution is 5.89. The molecule has 0 unspecified atom stereocenters. The van der Waals surface area contributed by atoms with Crippen LogP contribution in [0.4, 0.5) is 4.79 Å². The van der Waals surface area contributed by atoms with Gasteiger partial charge in [-0.2, -0.15) is 0 Å². The van der Waals surface area contributed by atoms with E-state index in [0.29, 0.717) is 6.54 Å². The molecule has 4 aromatic rings. The summed E-state index contributed by atoms with van der Waals surface area (Å²) < 4.78 is 1.93. The molecule has 1 aliphatic heterocycles. The van der Waals surface area contributed by atoms with Crippen LogP contribution in [0.15, 0.2) is 79.1 Å². The van der Waals surface area contributed by atoms with Crippen molar-refractivity contribution in [1.29, 1.82) is 0 Å². The Hall–Kier alpha value is -4.90. The number of fused-ring (bicyclic) bond motifs is 1. The molecule has 0 saturated carbocycles. The number of para-hydroxylation sites is 1. The van der Waals surface area contributed by atoms with Gasteiger partial charge in [-0.15, -0.1) is 0 Å². The Morgan fingerprint density at radius 2 is 1.79 bits per heavy atom. The first-order chi connectivity index (χ1) is 20.3. The van der Waals surface area contributed by atoms with Gasteiger partial charge >= 0.3 is 6.03 Å². The van der Waals surface area contributed by atoms with Gasteiger partial charge in [-0.25, -0.2) is 14.8 Å². The number of phenols is 1. The second-order valence-corrected chi connectivity index (χ2v) is 10.4. The lowest BCUT2D eigenvalue weighted by Gasteiger charge is -2.32. The van der Waals surface area contributed by atoms with Gasteiger partial charge in [0.05, 0.1) is 23.9 Å². The summed E-state index contributed by atoms with van der Waals surface area (Å²) in [4.78, 5) is 46.5. The lowest BCUT2D eigenvalue weighted by atomic mass is 10.0. The van der Waals surface area contributed by atoms with Crippen LogP contribution >= 0.6 is 0 Å². The molecule has 0 radical (unpaired) electrons. The van der Waals surface area contributed by atoms with E-state index in [1.807, 2.05) is 60.1 Å². The van der Waals surface area contributed by atoms with Crippen molar-refractivity contribution in [2.75, 3.05) is 26.7 Å². The van der Waals surface area contributed by atoms with Crippen molar-refractivity contribution in [1.82, 2.24) is 35.1 Å². The molecule has 11 nitrogen and oxygen atoms in total. The van der Waals surface area contributed by atoms with Crippen molar-refractivity contribution in [3.05, 3.63) is 95.8 Å². The van der Waals surface area contributed by atoms with Gasteiger partial charge in [0.25, 0.3) is 0 Å². The maximum Gasteiger partial charge on any atom is 0.331 e. The average Bonchev–Trinajstić information content (AvgIpc) is 3.40. The third-order valence-electron chi connectivity index (χ3n) is 7.48. The highest BCUT2D eigenvalue weighted by atomic mass is 16.3. The summed E-state index contributed by atoms with van der Waals surface area (Å²) in [6, 6.07) is 20.8. The van der Waals surface area contributed by atoms with Crippen LogP contribution in [-0.2, 0) is 36.1 Å². The molecule has 1 aliphatic rings. The normalized spacial score (nSPS) is 16.4. The first-order valence-corrected chi connectivity index (χ1v) is 13.8. The van der Waals surface area contributed by atoms with Crippen molar-refractivity contribution in [3.8, 4) is 5.75 Å². The van der Waals surface area contributed by atoms with E-state index in [9.17, 15) is 19.5 Å². The zero-order valence-electron chi connectivity index (χ0n) is 23.7. The fourth-order valence-corrected chi connectivity index (χ4v) is 5.10. The largest absolute Gasteiger partial charge is 0.508 e. The standard InChI is InChI=1S/C31H35N7O4/c1-35-21-33-29-24(9-6-10-27(29)35)19-37-15-16-38(36(2)31(42)32-18-23-7-4-3-5-8-23)20-28(40)34-26(30(37)41)17-22-11-13-25(39)14-12-22/h3-14,21,26,39H,15-20H2,1-2H3,(H,32,42)(H,34,40)/t26-/m0/s1. The molecule has 1 fully saturated rings. The number of carbonyl (C=O) groups is 3. The number of hydrazine groups is 1. The first-order valence-electron chi connectivity index (χ1n) is 13.8. The van der Waals surface area contributed by atoms with E-state index in [1.54, 1.807) is 47.5 Å². The number of benzene rings is 3. The maximum atomic E-state index is 14.0. The van der Waals surface area contributed by atoms with Gasteiger partial charge in [0, 0.05) is 46.7 Å². The zero-order valence-corrected chi connectivity index (χ0v) is 23.7. The molecule has 2 heterocycles. The Morgan fingerprint density at radius 3 is 2.55 bits per heavy atom. The minimum Gasteiger partial charge on any atom is -0.508 e. The van der Waals surface area contributed by atoms with Crippen LogP contribution < -0.4 is 10.6 Å². The van der Waals surface area contributed by atoms with Crippen molar-refractivity contribution in [3.63, 3.8) is 0 Å². The maximum absolute atomic E-state index is 14.0. The van der Waals surface area contributed by atoms with Gasteiger partial charge < -0.3 is 25.2 Å². The number of nitrogens with zero attached hydrogens (tertiary/aromatic N) is 5. The molecule has 218 valence electrons. The number of aromatic hydroxyl groups is 1. The summed E-state index contributed by atoms with van der Waals surface area (Å²) in [6.45, 7) is 1.07. The number of hydrogen-bond acceptors (Lipinski definition) is 6. The second-order valence-electron chi connectivity index (χ2n) is 10.4. The van der Waals surface area contributed by atoms with Crippen molar-refractivity contribution in [2.45, 2.75) is 25.6 Å². The molecule has 0 spiro atoms. The molecule has 5 rings (SSSR count). The predicted octanol–water partition coefficient (Wildman–Crippen LogP) is 2.41. The predicted molar refractivity (Wildman–Crippen MR) is 158 cm³/mol. The topological polar surface area (TPSA) is 123 Å². The molecule has 0 aliphatic carbocycles. The number of rotatable bonds is 7. The Bertz CT molecular complexity index is 1550. The van der Waals surface area contributed by atoms with E-state index in [1.165, 1.54) is 5.01 Å². The molecule has 42 heavy (non-hydrogen) atoms. The lowest BCUT2D eigenvalue weighted by Crippen LogP contribution is -2.53. The van der Waals surface area contributed by atoms with Gasteiger partial charge in [-0.1, -0.05) is 54.6 Å². The zero-order chi connectivity index (χ0) is 29.6. The highest BCUT2D eigenvalue weighted by Crippen LogP contribution is 2.20. The molecular weight excluding hydrogens is 534 g/mol. The summed E-state index contributed by atoms with van der Waals surface area (Å²) in [6.07, 6.45) is 2.00. The van der Waals surface area contributed by atoms with E-state index in [-0.39, 0.29) is 56.2 Å². The molecule has 11 heteroatoms. The molecule has 1 atom stereocenters. The fourth-order valence-electron chi connectivity index (χ4n) is 5.10. The third-order valence-corrected chi connectivity index (χ3v) is 7.48. The first kappa shape index (κ1) is 28.6. The summed E-state index contributed by atoms with van der Waals surface area (Å²) >= 11 is 0. The number of aromatic nitrogens is 2. The lowest BCUT2D eigenvalue weighted by molar-refractivity contribution is -0.136. The Morgan fingerprint density at radius 1 is 1.02 bits per heavy atom. The summed E-state index contributed by atoms with van der Waals surface area (Å²) in [5.41, 5.74) is 4.40. The van der Waals surface area contributed by atoms with Crippen molar-refractivity contribution >= 4 is 28.9 Å².